The van der Waals surface area contributed by atoms with E-state index in [4.69, 9.17) is 9.26 Å². The van der Waals surface area contributed by atoms with E-state index in [9.17, 15) is 9.79 Å². The topological polar surface area (TPSA) is 76.0 Å². The fourth-order valence-corrected chi connectivity index (χ4v) is 10.1. The molecule has 6 heteroatoms. The molecule has 1 aliphatic rings. The fourth-order valence-electron chi connectivity index (χ4n) is 9.79. The van der Waals surface area contributed by atoms with Gasteiger partial charge in [0.25, 0.3) is 0 Å². The molecule has 0 radical (unpaired) electrons. The molecule has 0 heterocycles. The Kier molecular flexibility index (Phi) is 17.4. The first-order chi connectivity index (χ1) is 28.3. The van der Waals surface area contributed by atoms with Crippen molar-refractivity contribution in [2.24, 2.45) is 0 Å². The Hall–Kier alpha value is -2.72. The Morgan fingerprint density at radius 3 is 1.25 bits per heavy atom. The van der Waals surface area contributed by atoms with Gasteiger partial charge >= 0.3 is 14.6 Å². The average molecular weight is 857 g/mol. The molecule has 3 aromatic carbocycles. The number of rotatable bonds is 18. The van der Waals surface area contributed by atoms with Crippen LogP contribution in [0.5, 0.6) is 5.75 Å². The SMILES string of the molecule is CCCCCCCCCCCCCCCCOC(=O)c1c2c(C(C)(C)C)c(OP(O)O)c(C(C)(C)C)c1-c1c(cc(C)cc1C(C)(C)C)C(C)c1cc(C)cc(C(C)(C)C)c1-2. The van der Waals surface area contributed by atoms with Crippen molar-refractivity contribution >= 4 is 14.6 Å². The van der Waals surface area contributed by atoms with E-state index in [0.717, 1.165) is 86.0 Å². The lowest BCUT2D eigenvalue weighted by atomic mass is 9.63. The van der Waals surface area contributed by atoms with Crippen molar-refractivity contribution in [3.63, 3.8) is 0 Å². The van der Waals surface area contributed by atoms with Crippen molar-refractivity contribution in [3.05, 3.63) is 74.3 Å². The molecule has 0 unspecified atom stereocenters. The molecule has 0 aliphatic heterocycles. The van der Waals surface area contributed by atoms with Crippen LogP contribution in [-0.2, 0) is 26.4 Å². The maximum absolute atomic E-state index is 15.6. The minimum atomic E-state index is -2.81. The monoisotopic (exact) mass is 857 g/mol. The normalized spacial score (nSPS) is 13.6. The third kappa shape index (κ3) is 12.5. The van der Waals surface area contributed by atoms with Gasteiger partial charge in [-0.05, 0) is 75.3 Å². The maximum atomic E-state index is 15.6. The number of carbonyl (C=O) groups is 1. The summed E-state index contributed by atoms with van der Waals surface area (Å²) in [6, 6.07) is 9.18. The van der Waals surface area contributed by atoms with Crippen LogP contribution in [0, 0.1) is 13.8 Å². The van der Waals surface area contributed by atoms with Gasteiger partial charge in [0, 0.05) is 28.2 Å². The zero-order chi connectivity index (χ0) is 45.7. The van der Waals surface area contributed by atoms with E-state index in [1.165, 1.54) is 70.6 Å². The highest BCUT2D eigenvalue weighted by Gasteiger charge is 2.44. The number of aryl methyl sites for hydroxylation is 2. The lowest BCUT2D eigenvalue weighted by Gasteiger charge is -2.41. The van der Waals surface area contributed by atoms with Gasteiger partial charge in [0.1, 0.15) is 5.75 Å². The Labute approximate surface area is 374 Å². The highest BCUT2D eigenvalue weighted by atomic mass is 31.2. The van der Waals surface area contributed by atoms with Gasteiger partial charge in [-0.25, -0.2) is 4.79 Å². The van der Waals surface area contributed by atoms with E-state index < -0.39 is 19.4 Å². The number of fused-ring (bicyclic) bond motifs is 6. The summed E-state index contributed by atoms with van der Waals surface area (Å²) in [5, 5.41) is 0. The summed E-state index contributed by atoms with van der Waals surface area (Å²) in [5.41, 5.74) is 11.0. The third-order valence-electron chi connectivity index (χ3n) is 12.7. The number of ether oxygens (including phenoxy) is 1. The third-order valence-corrected chi connectivity index (χ3v) is 13.1. The van der Waals surface area contributed by atoms with Crippen molar-refractivity contribution in [2.45, 2.75) is 228 Å². The number of hydrogen-bond acceptors (Lipinski definition) is 5. The summed E-state index contributed by atoms with van der Waals surface area (Å²) in [5.74, 6) is 0.101. The van der Waals surface area contributed by atoms with Crippen LogP contribution >= 0.6 is 8.60 Å². The van der Waals surface area contributed by atoms with Crippen LogP contribution in [0.2, 0.25) is 0 Å². The van der Waals surface area contributed by atoms with Gasteiger partial charge in [-0.3, -0.25) is 0 Å². The van der Waals surface area contributed by atoms with Crippen LogP contribution in [0.25, 0.3) is 22.3 Å². The van der Waals surface area contributed by atoms with Gasteiger partial charge < -0.3 is 19.0 Å². The Bertz CT molecular complexity index is 1850. The molecule has 2 bridgehead atoms. The smallest absolute Gasteiger partial charge is 0.391 e. The summed E-state index contributed by atoms with van der Waals surface area (Å²) in [4.78, 5) is 37.3. The minimum absolute atomic E-state index is 0.0252. The average Bonchev–Trinajstić information content (AvgIpc) is 3.12. The first-order valence-electron chi connectivity index (χ1n) is 23.9. The van der Waals surface area contributed by atoms with Gasteiger partial charge in [0.2, 0.25) is 0 Å². The van der Waals surface area contributed by atoms with Gasteiger partial charge in [0.05, 0.1) is 12.2 Å². The molecular formula is C55H85O5P. The molecule has 0 saturated heterocycles. The largest absolute Gasteiger partial charge is 0.462 e. The van der Waals surface area contributed by atoms with Crippen molar-refractivity contribution in [1.29, 1.82) is 0 Å². The highest BCUT2D eigenvalue weighted by molar-refractivity contribution is 7.39. The van der Waals surface area contributed by atoms with Crippen molar-refractivity contribution < 1.29 is 23.8 Å². The van der Waals surface area contributed by atoms with E-state index in [1.54, 1.807) is 0 Å². The molecule has 0 aromatic heterocycles. The maximum Gasteiger partial charge on any atom is 0.391 e. The molecule has 4 rings (SSSR count). The summed E-state index contributed by atoms with van der Waals surface area (Å²) in [6.07, 6.45) is 17.7. The lowest BCUT2D eigenvalue weighted by molar-refractivity contribution is 0.0499. The quantitative estimate of drug-likeness (QED) is 0.0757. The van der Waals surface area contributed by atoms with E-state index in [-0.39, 0.29) is 22.7 Å². The minimum Gasteiger partial charge on any atom is -0.462 e. The molecule has 1 aliphatic carbocycles. The second kappa shape index (κ2) is 20.9. The van der Waals surface area contributed by atoms with E-state index >= 15 is 4.79 Å². The van der Waals surface area contributed by atoms with Gasteiger partial charge in [-0.1, -0.05) is 216 Å². The molecule has 0 amide bonds. The van der Waals surface area contributed by atoms with E-state index in [1.807, 2.05) is 0 Å². The Balaban J connectivity index is 1.95. The summed E-state index contributed by atoms with van der Waals surface area (Å²) in [6.45, 7) is 35.6. The molecule has 340 valence electrons. The Morgan fingerprint density at radius 2 is 0.918 bits per heavy atom. The predicted octanol–water partition coefficient (Wildman–Crippen LogP) is 16.5. The van der Waals surface area contributed by atoms with Crippen molar-refractivity contribution in [1.82, 2.24) is 0 Å². The van der Waals surface area contributed by atoms with Crippen LogP contribution in [0.3, 0.4) is 0 Å². The molecule has 0 atom stereocenters. The summed E-state index contributed by atoms with van der Waals surface area (Å²) < 4.78 is 12.9. The lowest BCUT2D eigenvalue weighted by Crippen LogP contribution is -2.28. The zero-order valence-electron chi connectivity index (χ0n) is 41.6. The number of unbranched alkanes of at least 4 members (excludes halogenated alkanes) is 13. The number of esters is 1. The molecular weight excluding hydrogens is 772 g/mol. The first kappa shape index (κ1) is 50.9. The number of benzene rings is 3. The molecule has 0 saturated carbocycles. The first-order valence-corrected chi connectivity index (χ1v) is 25.1. The zero-order valence-corrected chi connectivity index (χ0v) is 42.5. The molecule has 0 fully saturated rings. The van der Waals surface area contributed by atoms with E-state index in [0.29, 0.717) is 17.9 Å². The van der Waals surface area contributed by atoms with Crippen molar-refractivity contribution in [3.8, 4) is 28.0 Å². The van der Waals surface area contributed by atoms with Crippen LogP contribution in [0.15, 0.2) is 24.3 Å². The van der Waals surface area contributed by atoms with Crippen molar-refractivity contribution in [2.75, 3.05) is 6.61 Å². The van der Waals surface area contributed by atoms with Crippen LogP contribution < -0.4 is 4.52 Å². The summed E-state index contributed by atoms with van der Waals surface area (Å²) >= 11 is 0. The summed E-state index contributed by atoms with van der Waals surface area (Å²) in [7, 11) is -2.81. The standard InChI is InChI=1S/C55H85O5P/c1-17-18-19-20-21-22-23-24-25-26-27-28-29-30-31-59-51(56)47-45-43-39(32-36(2)34-41(43)52(5,6)7)38(4)40-33-37(3)35-42(53(8,9)10)44(40)46(47)49(55(14,15)16)50(60-61(57)58)48(45)54(11,12)13/h32-35,38,57-58H,17-31H2,1-16H3. The second-order valence-electron chi connectivity index (χ2n) is 22.6. The van der Waals surface area contributed by atoms with Crippen LogP contribution in [-0.4, -0.2) is 22.4 Å². The predicted molar refractivity (Wildman–Crippen MR) is 262 cm³/mol. The number of carbonyl (C=O) groups excluding carboxylic acids is 1. The van der Waals surface area contributed by atoms with Crippen LogP contribution in [0.4, 0.5) is 0 Å². The van der Waals surface area contributed by atoms with Crippen LogP contribution in [0.1, 0.15) is 248 Å². The molecule has 2 N–H and O–H groups in total. The fraction of sp³-hybridized carbons (Fsp3) is 0.655. The van der Waals surface area contributed by atoms with Gasteiger partial charge in [-0.15, -0.1) is 0 Å². The second-order valence-corrected chi connectivity index (χ2v) is 23.2. The van der Waals surface area contributed by atoms with Gasteiger partial charge in [-0.2, -0.15) is 0 Å². The van der Waals surface area contributed by atoms with E-state index in [2.05, 4.69) is 135 Å². The Morgan fingerprint density at radius 1 is 0.557 bits per heavy atom. The highest BCUT2D eigenvalue weighted by Crippen LogP contribution is 2.60. The molecule has 0 spiro atoms. The molecule has 3 aromatic rings. The van der Waals surface area contributed by atoms with Gasteiger partial charge in [0.15, 0.2) is 0 Å². The molecule has 61 heavy (non-hydrogen) atoms. The number of hydrogen-bond donors (Lipinski definition) is 2. The molecule has 5 nitrogen and oxygen atoms in total.